The second-order valence-corrected chi connectivity index (χ2v) is 7.52. The smallest absolute Gasteiger partial charge is 0.181 e. The Morgan fingerprint density at radius 2 is 1.90 bits per heavy atom. The minimum Gasteiger partial charge on any atom is -0.486 e. The number of hydrogen-bond acceptors (Lipinski definition) is 6. The lowest BCUT2D eigenvalue weighted by atomic mass is 9.96. The Balaban J connectivity index is 1.73. The summed E-state index contributed by atoms with van der Waals surface area (Å²) >= 11 is 0. The molecule has 1 aliphatic heterocycles. The van der Waals surface area contributed by atoms with Crippen LogP contribution in [0.25, 0.3) is 5.69 Å². The summed E-state index contributed by atoms with van der Waals surface area (Å²) in [7, 11) is 0. The van der Waals surface area contributed by atoms with Crippen LogP contribution in [-0.4, -0.2) is 33.4 Å². The quantitative estimate of drug-likeness (QED) is 0.681. The van der Waals surface area contributed by atoms with E-state index in [2.05, 4.69) is 66.7 Å². The lowest BCUT2D eigenvalue weighted by Crippen LogP contribution is -2.35. The molecule has 1 atom stereocenters. The topological polar surface area (TPSA) is 74.1 Å². The standard InChI is InChI=1S/C22H27N5O2/c1-5-16-9-7-8-15(3)20(16)27-21(24-25-26-27)22(4,6-2)23-17-10-11-18-19(14-17)29-13-12-28-18/h7-11,14,23H,5-6,12-13H2,1-4H3. The van der Waals surface area contributed by atoms with E-state index in [1.165, 1.54) is 5.56 Å². The van der Waals surface area contributed by atoms with Crippen molar-refractivity contribution in [2.45, 2.75) is 46.1 Å². The van der Waals surface area contributed by atoms with Gasteiger partial charge in [0, 0.05) is 11.8 Å². The number of tetrazole rings is 1. The van der Waals surface area contributed by atoms with Crippen LogP contribution in [0.2, 0.25) is 0 Å². The van der Waals surface area contributed by atoms with Crippen LogP contribution in [0.4, 0.5) is 5.69 Å². The molecule has 2 heterocycles. The maximum atomic E-state index is 5.73. The van der Waals surface area contributed by atoms with Gasteiger partial charge < -0.3 is 14.8 Å². The lowest BCUT2D eigenvalue weighted by Gasteiger charge is -2.30. The van der Waals surface area contributed by atoms with Gasteiger partial charge in [0.05, 0.1) is 11.2 Å². The molecule has 29 heavy (non-hydrogen) atoms. The molecule has 0 saturated heterocycles. The van der Waals surface area contributed by atoms with Gasteiger partial charge in [0.25, 0.3) is 0 Å². The summed E-state index contributed by atoms with van der Waals surface area (Å²) in [5, 5.41) is 16.4. The summed E-state index contributed by atoms with van der Waals surface area (Å²) in [4.78, 5) is 0. The zero-order valence-electron chi connectivity index (χ0n) is 17.4. The van der Waals surface area contributed by atoms with Crippen LogP contribution in [-0.2, 0) is 12.0 Å². The first-order valence-electron chi connectivity index (χ1n) is 10.1. The highest BCUT2D eigenvalue weighted by Gasteiger charge is 2.32. The van der Waals surface area contributed by atoms with E-state index in [0.29, 0.717) is 13.2 Å². The van der Waals surface area contributed by atoms with Crippen molar-refractivity contribution in [1.82, 2.24) is 20.2 Å². The summed E-state index contributed by atoms with van der Waals surface area (Å²) in [6.07, 6.45) is 1.71. The Labute approximate surface area is 171 Å². The van der Waals surface area contributed by atoms with E-state index in [4.69, 9.17) is 9.47 Å². The molecule has 0 saturated carbocycles. The minimum atomic E-state index is -0.472. The average molecular weight is 393 g/mol. The zero-order valence-corrected chi connectivity index (χ0v) is 17.4. The van der Waals surface area contributed by atoms with Gasteiger partial charge in [-0.2, -0.15) is 4.68 Å². The maximum Gasteiger partial charge on any atom is 0.181 e. The van der Waals surface area contributed by atoms with Crippen LogP contribution in [0, 0.1) is 6.92 Å². The fourth-order valence-electron chi connectivity index (χ4n) is 3.73. The number of aryl methyl sites for hydroxylation is 2. The van der Waals surface area contributed by atoms with Crippen molar-refractivity contribution in [2.75, 3.05) is 18.5 Å². The monoisotopic (exact) mass is 393 g/mol. The van der Waals surface area contributed by atoms with Crippen molar-refractivity contribution in [3.05, 3.63) is 53.3 Å². The Bertz CT molecular complexity index is 1020. The second kappa shape index (κ2) is 7.73. The molecule has 0 amide bonds. The number of anilines is 1. The third-order valence-corrected chi connectivity index (χ3v) is 5.55. The van der Waals surface area contributed by atoms with Crippen molar-refractivity contribution < 1.29 is 9.47 Å². The SMILES string of the molecule is CCc1cccc(C)c1-n1nnnc1C(C)(CC)Nc1ccc2c(c1)OCCO2. The molecule has 7 heteroatoms. The van der Waals surface area contributed by atoms with Gasteiger partial charge in [-0.3, -0.25) is 0 Å². The van der Waals surface area contributed by atoms with Crippen LogP contribution >= 0.6 is 0 Å². The van der Waals surface area contributed by atoms with E-state index in [-0.39, 0.29) is 0 Å². The maximum absolute atomic E-state index is 5.73. The predicted molar refractivity (Wildman–Crippen MR) is 112 cm³/mol. The van der Waals surface area contributed by atoms with Crippen molar-refractivity contribution in [3.63, 3.8) is 0 Å². The van der Waals surface area contributed by atoms with Gasteiger partial charge in [-0.25, -0.2) is 0 Å². The van der Waals surface area contributed by atoms with Crippen molar-refractivity contribution in [1.29, 1.82) is 0 Å². The molecule has 0 bridgehead atoms. The summed E-state index contributed by atoms with van der Waals surface area (Å²) < 4.78 is 13.2. The summed E-state index contributed by atoms with van der Waals surface area (Å²) in [6, 6.07) is 12.2. The van der Waals surface area contributed by atoms with Crippen LogP contribution in [0.3, 0.4) is 0 Å². The van der Waals surface area contributed by atoms with E-state index < -0.39 is 5.54 Å². The van der Waals surface area contributed by atoms with Crippen LogP contribution in [0.1, 0.15) is 44.1 Å². The zero-order chi connectivity index (χ0) is 20.4. The number of nitrogens with zero attached hydrogens (tertiary/aromatic N) is 4. The molecule has 1 aromatic heterocycles. The molecular weight excluding hydrogens is 366 g/mol. The van der Waals surface area contributed by atoms with Crippen LogP contribution in [0.5, 0.6) is 11.5 Å². The second-order valence-electron chi connectivity index (χ2n) is 7.52. The molecule has 1 N–H and O–H groups in total. The van der Waals surface area contributed by atoms with Crippen molar-refractivity contribution in [2.24, 2.45) is 0 Å². The molecule has 7 nitrogen and oxygen atoms in total. The molecule has 3 aromatic rings. The summed E-state index contributed by atoms with van der Waals surface area (Å²) in [5.41, 5.74) is 3.89. The first-order chi connectivity index (χ1) is 14.1. The van der Waals surface area contributed by atoms with Gasteiger partial charge in [0.15, 0.2) is 17.3 Å². The van der Waals surface area contributed by atoms with E-state index in [1.54, 1.807) is 0 Å². The number of fused-ring (bicyclic) bond motifs is 1. The Morgan fingerprint density at radius 1 is 1.10 bits per heavy atom. The number of aromatic nitrogens is 4. The Kier molecular flexibility index (Phi) is 5.13. The number of para-hydroxylation sites is 1. The number of hydrogen-bond donors (Lipinski definition) is 1. The summed E-state index contributed by atoms with van der Waals surface area (Å²) in [6.45, 7) is 9.63. The molecule has 0 spiro atoms. The molecule has 0 radical (unpaired) electrons. The molecular formula is C22H27N5O2. The third kappa shape index (κ3) is 3.52. The highest BCUT2D eigenvalue weighted by Crippen LogP contribution is 2.36. The predicted octanol–water partition coefficient (Wildman–Crippen LogP) is 4.04. The molecule has 2 aromatic carbocycles. The molecule has 1 aliphatic rings. The van der Waals surface area contributed by atoms with Crippen LogP contribution in [0.15, 0.2) is 36.4 Å². The lowest BCUT2D eigenvalue weighted by molar-refractivity contribution is 0.171. The van der Waals surface area contributed by atoms with Gasteiger partial charge in [-0.1, -0.05) is 32.0 Å². The number of ether oxygens (including phenoxy) is 2. The summed E-state index contributed by atoms with van der Waals surface area (Å²) in [5.74, 6) is 2.31. The molecule has 0 fully saturated rings. The van der Waals surface area contributed by atoms with Gasteiger partial charge >= 0.3 is 0 Å². The molecule has 1 unspecified atom stereocenters. The largest absolute Gasteiger partial charge is 0.486 e. The molecule has 4 rings (SSSR count). The number of benzene rings is 2. The van der Waals surface area contributed by atoms with Crippen LogP contribution < -0.4 is 14.8 Å². The highest BCUT2D eigenvalue weighted by atomic mass is 16.6. The van der Waals surface area contributed by atoms with E-state index in [1.807, 2.05) is 22.9 Å². The number of rotatable bonds is 6. The fraction of sp³-hybridized carbons (Fsp3) is 0.409. The Hall–Kier alpha value is -3.09. The van der Waals surface area contributed by atoms with E-state index >= 15 is 0 Å². The van der Waals surface area contributed by atoms with Crippen molar-refractivity contribution in [3.8, 4) is 17.2 Å². The number of nitrogens with one attached hydrogen (secondary N) is 1. The van der Waals surface area contributed by atoms with Gasteiger partial charge in [-0.05, 0) is 60.4 Å². The van der Waals surface area contributed by atoms with Gasteiger partial charge in [-0.15, -0.1) is 5.10 Å². The third-order valence-electron chi connectivity index (χ3n) is 5.55. The normalized spacial score (nSPS) is 15.0. The van der Waals surface area contributed by atoms with E-state index in [0.717, 1.165) is 47.1 Å². The van der Waals surface area contributed by atoms with Crippen molar-refractivity contribution >= 4 is 5.69 Å². The van der Waals surface area contributed by atoms with Gasteiger partial charge in [0.2, 0.25) is 0 Å². The molecule has 152 valence electrons. The van der Waals surface area contributed by atoms with E-state index in [9.17, 15) is 0 Å². The van der Waals surface area contributed by atoms with Gasteiger partial charge in [0.1, 0.15) is 13.2 Å². The molecule has 0 aliphatic carbocycles. The Morgan fingerprint density at radius 3 is 2.66 bits per heavy atom. The first kappa shape index (κ1) is 19.2. The highest BCUT2D eigenvalue weighted by molar-refractivity contribution is 5.57. The fourth-order valence-corrected chi connectivity index (χ4v) is 3.73. The average Bonchev–Trinajstić information content (AvgIpc) is 3.23. The minimum absolute atomic E-state index is 0.472. The first-order valence-corrected chi connectivity index (χ1v) is 10.1.